The predicted octanol–water partition coefficient (Wildman–Crippen LogP) is 0.0216. The van der Waals surface area contributed by atoms with Crippen LogP contribution in [0.25, 0.3) is 0 Å². The summed E-state index contributed by atoms with van der Waals surface area (Å²) in [6, 6.07) is 8.68. The van der Waals surface area contributed by atoms with Gasteiger partial charge in [-0.1, -0.05) is 18.2 Å². The van der Waals surface area contributed by atoms with Gasteiger partial charge in [0.2, 0.25) is 0 Å². The van der Waals surface area contributed by atoms with E-state index in [9.17, 15) is 13.2 Å². The SMILES string of the molecule is COCCN1CCN(C(=O)COc2ccccc2)[C@H]2CS(=O)(=O)C[C@H]21. The first kappa shape index (κ1) is 18.2. The van der Waals surface area contributed by atoms with Gasteiger partial charge in [-0.25, -0.2) is 8.42 Å². The Balaban J connectivity index is 1.66. The van der Waals surface area contributed by atoms with Gasteiger partial charge in [0.1, 0.15) is 5.75 Å². The molecule has 0 saturated carbocycles. The molecule has 0 radical (unpaired) electrons. The van der Waals surface area contributed by atoms with Crippen molar-refractivity contribution in [1.82, 2.24) is 9.80 Å². The van der Waals surface area contributed by atoms with E-state index in [0.29, 0.717) is 32.0 Å². The molecule has 2 saturated heterocycles. The second-order valence-corrected chi connectivity index (χ2v) is 8.58. The lowest BCUT2D eigenvalue weighted by Crippen LogP contribution is -2.61. The highest BCUT2D eigenvalue weighted by molar-refractivity contribution is 7.91. The average molecular weight is 368 g/mol. The van der Waals surface area contributed by atoms with Crippen molar-refractivity contribution in [3.63, 3.8) is 0 Å². The van der Waals surface area contributed by atoms with E-state index >= 15 is 0 Å². The maximum absolute atomic E-state index is 12.6. The summed E-state index contributed by atoms with van der Waals surface area (Å²) >= 11 is 0. The Morgan fingerprint density at radius 1 is 1.16 bits per heavy atom. The number of rotatable bonds is 6. The fourth-order valence-corrected chi connectivity index (χ4v) is 5.58. The highest BCUT2D eigenvalue weighted by Gasteiger charge is 2.47. The summed E-state index contributed by atoms with van der Waals surface area (Å²) in [7, 11) is -1.51. The quantitative estimate of drug-likeness (QED) is 0.705. The van der Waals surface area contributed by atoms with Gasteiger partial charge < -0.3 is 14.4 Å². The van der Waals surface area contributed by atoms with E-state index in [1.165, 1.54) is 0 Å². The average Bonchev–Trinajstić information content (AvgIpc) is 2.93. The van der Waals surface area contributed by atoms with Crippen LogP contribution >= 0.6 is 0 Å². The number of sulfone groups is 1. The van der Waals surface area contributed by atoms with Crippen LogP contribution in [0.15, 0.2) is 30.3 Å². The minimum absolute atomic E-state index is 0.0260. The van der Waals surface area contributed by atoms with Crippen LogP contribution in [0.2, 0.25) is 0 Å². The number of carbonyl (C=O) groups is 1. The van der Waals surface area contributed by atoms with Crippen LogP contribution in [0.4, 0.5) is 0 Å². The Bertz CT molecular complexity index is 694. The molecule has 1 amide bonds. The number of amides is 1. The Hall–Kier alpha value is -1.64. The number of methoxy groups -OCH3 is 1. The number of ether oxygens (including phenoxy) is 2. The molecule has 3 rings (SSSR count). The number of carbonyl (C=O) groups excluding carboxylic acids is 1. The zero-order valence-corrected chi connectivity index (χ0v) is 15.2. The van der Waals surface area contributed by atoms with Gasteiger partial charge in [-0.15, -0.1) is 0 Å². The van der Waals surface area contributed by atoms with E-state index in [1.54, 1.807) is 24.1 Å². The summed E-state index contributed by atoms with van der Waals surface area (Å²) in [4.78, 5) is 16.4. The molecule has 2 heterocycles. The smallest absolute Gasteiger partial charge is 0.260 e. The number of para-hydroxylation sites is 1. The molecule has 1 aromatic carbocycles. The summed E-state index contributed by atoms with van der Waals surface area (Å²) in [6.45, 7) is 2.31. The highest BCUT2D eigenvalue weighted by atomic mass is 32.2. The first-order valence-corrected chi connectivity index (χ1v) is 10.2. The Morgan fingerprint density at radius 2 is 1.88 bits per heavy atom. The maximum atomic E-state index is 12.6. The molecule has 7 nitrogen and oxygen atoms in total. The van der Waals surface area contributed by atoms with Gasteiger partial charge in [-0.05, 0) is 12.1 Å². The number of hydrogen-bond acceptors (Lipinski definition) is 6. The molecular formula is C17H24N2O5S. The largest absolute Gasteiger partial charge is 0.484 e. The summed E-state index contributed by atoms with van der Waals surface area (Å²) in [5.41, 5.74) is 0. The third kappa shape index (κ3) is 4.31. The minimum atomic E-state index is -3.14. The van der Waals surface area contributed by atoms with Crippen LogP contribution in [0.5, 0.6) is 5.75 Å². The zero-order valence-electron chi connectivity index (χ0n) is 14.3. The van der Waals surface area contributed by atoms with Crippen molar-refractivity contribution in [2.75, 3.05) is 51.5 Å². The molecule has 8 heteroatoms. The van der Waals surface area contributed by atoms with Gasteiger partial charge >= 0.3 is 0 Å². The summed E-state index contributed by atoms with van der Waals surface area (Å²) in [6.07, 6.45) is 0. The highest BCUT2D eigenvalue weighted by Crippen LogP contribution is 2.27. The van der Waals surface area contributed by atoms with E-state index < -0.39 is 9.84 Å². The van der Waals surface area contributed by atoms with Gasteiger partial charge in [0.05, 0.1) is 24.2 Å². The van der Waals surface area contributed by atoms with Crippen LogP contribution in [-0.4, -0.2) is 87.7 Å². The van der Waals surface area contributed by atoms with Crippen molar-refractivity contribution >= 4 is 15.7 Å². The van der Waals surface area contributed by atoms with Crippen molar-refractivity contribution in [2.45, 2.75) is 12.1 Å². The van der Waals surface area contributed by atoms with Crippen molar-refractivity contribution < 1.29 is 22.7 Å². The number of piperazine rings is 1. The molecule has 0 unspecified atom stereocenters. The fraction of sp³-hybridized carbons (Fsp3) is 0.588. The Kier molecular flexibility index (Phi) is 5.61. The molecule has 0 bridgehead atoms. The molecule has 138 valence electrons. The fourth-order valence-electron chi connectivity index (χ4n) is 3.57. The number of benzene rings is 1. The molecule has 2 aliphatic rings. The van der Waals surface area contributed by atoms with Gasteiger partial charge in [0.25, 0.3) is 5.91 Å². The minimum Gasteiger partial charge on any atom is -0.484 e. The van der Waals surface area contributed by atoms with Crippen molar-refractivity contribution in [1.29, 1.82) is 0 Å². The van der Waals surface area contributed by atoms with Crippen molar-refractivity contribution in [3.8, 4) is 5.75 Å². The second kappa shape index (κ2) is 7.72. The maximum Gasteiger partial charge on any atom is 0.260 e. The van der Waals surface area contributed by atoms with Crippen LogP contribution in [0, 0.1) is 0 Å². The van der Waals surface area contributed by atoms with Gasteiger partial charge in [0, 0.05) is 32.8 Å². The lowest BCUT2D eigenvalue weighted by Gasteiger charge is -2.43. The topological polar surface area (TPSA) is 76.2 Å². The molecule has 0 N–H and O–H groups in total. The van der Waals surface area contributed by atoms with Crippen LogP contribution in [0.3, 0.4) is 0 Å². The van der Waals surface area contributed by atoms with Gasteiger partial charge in [-0.3, -0.25) is 9.69 Å². The second-order valence-electron chi connectivity index (χ2n) is 6.43. The van der Waals surface area contributed by atoms with Crippen LogP contribution in [-0.2, 0) is 19.4 Å². The molecule has 2 fully saturated rings. The number of nitrogens with zero attached hydrogens (tertiary/aromatic N) is 2. The molecule has 0 aliphatic carbocycles. The summed E-state index contributed by atoms with van der Waals surface area (Å²) in [5, 5.41) is 0. The van der Waals surface area contributed by atoms with E-state index in [0.717, 1.165) is 0 Å². The first-order valence-electron chi connectivity index (χ1n) is 8.41. The molecule has 1 aromatic rings. The molecule has 2 aliphatic heterocycles. The van der Waals surface area contributed by atoms with Crippen LogP contribution in [0.1, 0.15) is 0 Å². The molecule has 25 heavy (non-hydrogen) atoms. The van der Waals surface area contributed by atoms with E-state index in [2.05, 4.69) is 4.90 Å². The lowest BCUT2D eigenvalue weighted by molar-refractivity contribution is -0.139. The molecular weight excluding hydrogens is 344 g/mol. The zero-order chi connectivity index (χ0) is 17.9. The monoisotopic (exact) mass is 368 g/mol. The van der Waals surface area contributed by atoms with Gasteiger partial charge in [-0.2, -0.15) is 0 Å². The summed E-state index contributed by atoms with van der Waals surface area (Å²) < 4.78 is 34.9. The number of hydrogen-bond donors (Lipinski definition) is 0. The standard InChI is InChI=1S/C17H24N2O5S/c1-23-10-9-18-7-8-19(16-13-25(21,22)12-15(16)18)17(20)11-24-14-5-3-2-4-6-14/h2-6,15-16H,7-13H2,1H3/t15-,16+/m1/s1. The third-order valence-electron chi connectivity index (χ3n) is 4.80. The lowest BCUT2D eigenvalue weighted by atomic mass is 10.0. The van der Waals surface area contributed by atoms with Crippen molar-refractivity contribution in [2.24, 2.45) is 0 Å². The van der Waals surface area contributed by atoms with E-state index in [1.807, 2.05) is 18.2 Å². The van der Waals surface area contributed by atoms with E-state index in [4.69, 9.17) is 9.47 Å². The first-order chi connectivity index (χ1) is 12.0. The predicted molar refractivity (Wildman–Crippen MR) is 93.3 cm³/mol. The van der Waals surface area contributed by atoms with Crippen molar-refractivity contribution in [3.05, 3.63) is 30.3 Å². The number of fused-ring (bicyclic) bond motifs is 1. The summed E-state index contributed by atoms with van der Waals surface area (Å²) in [5.74, 6) is 0.593. The Labute approximate surface area is 148 Å². The molecule has 0 aromatic heterocycles. The normalized spacial score (nSPS) is 25.6. The van der Waals surface area contributed by atoms with E-state index in [-0.39, 0.29) is 36.1 Å². The van der Waals surface area contributed by atoms with Crippen LogP contribution < -0.4 is 4.74 Å². The Morgan fingerprint density at radius 3 is 2.60 bits per heavy atom. The third-order valence-corrected chi connectivity index (χ3v) is 6.50. The molecule has 2 atom stereocenters. The molecule has 0 spiro atoms. The van der Waals surface area contributed by atoms with Gasteiger partial charge in [0.15, 0.2) is 16.4 Å².